The summed E-state index contributed by atoms with van der Waals surface area (Å²) < 4.78 is 7.47. The first kappa shape index (κ1) is 23.3. The van der Waals surface area contributed by atoms with Crippen molar-refractivity contribution >= 4 is 17.5 Å². The monoisotopic (exact) mass is 443 g/mol. The van der Waals surface area contributed by atoms with Gasteiger partial charge in [0.05, 0.1) is 12.8 Å². The Morgan fingerprint density at radius 3 is 2.41 bits per heavy atom. The molecule has 3 heterocycles. The van der Waals surface area contributed by atoms with Crippen LogP contribution >= 0.6 is 0 Å². The molecule has 3 rings (SSSR count). The molecule has 10 heteroatoms. The number of hydrogen-bond donors (Lipinski definition) is 0. The summed E-state index contributed by atoms with van der Waals surface area (Å²) in [5.41, 5.74) is 0.196. The molecule has 10 nitrogen and oxygen atoms in total. The van der Waals surface area contributed by atoms with Gasteiger partial charge in [0.1, 0.15) is 5.69 Å². The van der Waals surface area contributed by atoms with E-state index in [2.05, 4.69) is 0 Å². The molecule has 172 valence electrons. The van der Waals surface area contributed by atoms with E-state index < -0.39 is 11.2 Å². The van der Waals surface area contributed by atoms with Crippen molar-refractivity contribution in [3.8, 4) is 0 Å². The molecule has 1 aliphatic rings. The van der Waals surface area contributed by atoms with E-state index >= 15 is 0 Å². The van der Waals surface area contributed by atoms with E-state index in [1.54, 1.807) is 24.1 Å². The summed E-state index contributed by atoms with van der Waals surface area (Å²) in [4.78, 5) is 55.5. The fourth-order valence-electron chi connectivity index (χ4n) is 3.52. The molecule has 0 unspecified atom stereocenters. The van der Waals surface area contributed by atoms with Crippen molar-refractivity contribution in [2.75, 3.05) is 44.2 Å². The summed E-state index contributed by atoms with van der Waals surface area (Å²) in [6.45, 7) is 6.16. The largest absolute Gasteiger partial charge is 0.459 e. The molecule has 0 aromatic carbocycles. The van der Waals surface area contributed by atoms with Gasteiger partial charge in [0.25, 0.3) is 11.5 Å². The zero-order valence-corrected chi connectivity index (χ0v) is 18.9. The molecule has 0 N–H and O–H groups in total. The Labute approximate surface area is 185 Å². The number of anilines is 1. The highest BCUT2D eigenvalue weighted by molar-refractivity contribution is 5.95. The summed E-state index contributed by atoms with van der Waals surface area (Å²) in [5.74, 6) is -0.114. The number of hydrogen-bond acceptors (Lipinski definition) is 6. The Kier molecular flexibility index (Phi) is 7.14. The van der Waals surface area contributed by atoms with E-state index in [4.69, 9.17) is 4.42 Å². The molecule has 2 aromatic rings. The average Bonchev–Trinajstić information content (AvgIpc) is 3.30. The van der Waals surface area contributed by atoms with Crippen molar-refractivity contribution in [1.82, 2.24) is 18.9 Å². The number of piperazine rings is 1. The zero-order valence-electron chi connectivity index (χ0n) is 18.9. The van der Waals surface area contributed by atoms with E-state index in [0.717, 1.165) is 10.1 Å². The van der Waals surface area contributed by atoms with Crippen LogP contribution in [0.25, 0.3) is 0 Å². The Balaban J connectivity index is 1.73. The maximum Gasteiger partial charge on any atom is 0.330 e. The van der Waals surface area contributed by atoms with Crippen molar-refractivity contribution in [3.05, 3.63) is 62.8 Å². The highest BCUT2D eigenvalue weighted by Crippen LogP contribution is 2.12. The molecule has 0 atom stereocenters. The van der Waals surface area contributed by atoms with Crippen LogP contribution in [-0.4, -0.2) is 70.0 Å². The molecule has 0 aliphatic carbocycles. The molecule has 0 bridgehead atoms. The first-order valence-corrected chi connectivity index (χ1v) is 10.4. The molecule has 0 saturated carbocycles. The van der Waals surface area contributed by atoms with Gasteiger partial charge in [-0.2, -0.15) is 0 Å². The van der Waals surface area contributed by atoms with Gasteiger partial charge in [0.2, 0.25) is 5.91 Å². The van der Waals surface area contributed by atoms with Crippen molar-refractivity contribution in [2.24, 2.45) is 14.1 Å². The maximum atomic E-state index is 13.2. The molecular formula is C22H29N5O5. The van der Waals surface area contributed by atoms with E-state index in [1.807, 2.05) is 24.8 Å². The summed E-state index contributed by atoms with van der Waals surface area (Å²) in [7, 11) is 2.94. The minimum Gasteiger partial charge on any atom is -0.459 e. The number of furan rings is 1. The van der Waals surface area contributed by atoms with Crippen molar-refractivity contribution in [2.45, 2.75) is 13.8 Å². The van der Waals surface area contributed by atoms with Gasteiger partial charge < -0.3 is 18.8 Å². The van der Waals surface area contributed by atoms with Crippen molar-refractivity contribution in [1.29, 1.82) is 0 Å². The van der Waals surface area contributed by atoms with Gasteiger partial charge in [0.15, 0.2) is 5.76 Å². The third-order valence-electron chi connectivity index (χ3n) is 5.45. The van der Waals surface area contributed by atoms with Crippen molar-refractivity contribution < 1.29 is 14.0 Å². The molecule has 0 radical (unpaired) electrons. The second-order valence-electron chi connectivity index (χ2n) is 8.10. The molecule has 2 aromatic heterocycles. The number of aryl methyl sites for hydroxylation is 1. The lowest BCUT2D eigenvalue weighted by Crippen LogP contribution is -2.52. The van der Waals surface area contributed by atoms with Gasteiger partial charge in [-0.05, 0) is 26.0 Å². The van der Waals surface area contributed by atoms with Crippen molar-refractivity contribution in [3.63, 3.8) is 0 Å². The third-order valence-corrected chi connectivity index (χ3v) is 5.45. The molecule has 0 spiro atoms. The Morgan fingerprint density at radius 2 is 1.81 bits per heavy atom. The number of rotatable bonds is 6. The lowest BCUT2D eigenvalue weighted by atomic mass is 10.2. The van der Waals surface area contributed by atoms with E-state index in [-0.39, 0.29) is 30.6 Å². The SMILES string of the molecule is CC(C)=CCN(C(=O)CN1CCN(C(=O)c2ccco2)CC1)c1cn(C)c(=O)n(C)c1=O. The minimum atomic E-state index is -0.516. The summed E-state index contributed by atoms with van der Waals surface area (Å²) in [5, 5.41) is 0. The van der Waals surface area contributed by atoms with E-state index in [0.29, 0.717) is 31.9 Å². The van der Waals surface area contributed by atoms with Crippen LogP contribution in [0.15, 0.2) is 50.2 Å². The van der Waals surface area contributed by atoms with Crippen LogP contribution in [0, 0.1) is 0 Å². The van der Waals surface area contributed by atoms with Crippen LogP contribution in [0.4, 0.5) is 5.69 Å². The molecule has 1 fully saturated rings. The van der Waals surface area contributed by atoms with Crippen LogP contribution in [0.2, 0.25) is 0 Å². The number of allylic oxidation sites excluding steroid dienone is 1. The predicted octanol–water partition coefficient (Wildman–Crippen LogP) is 0.434. The maximum absolute atomic E-state index is 13.2. The second-order valence-corrected chi connectivity index (χ2v) is 8.10. The fraction of sp³-hybridized carbons (Fsp3) is 0.455. The number of amides is 2. The van der Waals surface area contributed by atoms with Gasteiger partial charge in [-0.3, -0.25) is 23.9 Å². The number of nitrogens with zero attached hydrogens (tertiary/aromatic N) is 5. The van der Waals surface area contributed by atoms with Crippen LogP contribution in [0.5, 0.6) is 0 Å². The highest BCUT2D eigenvalue weighted by atomic mass is 16.3. The van der Waals surface area contributed by atoms with Gasteiger partial charge in [-0.1, -0.05) is 11.6 Å². The first-order valence-electron chi connectivity index (χ1n) is 10.4. The van der Waals surface area contributed by atoms with E-state index in [1.165, 1.54) is 29.0 Å². The van der Waals surface area contributed by atoms with Crippen LogP contribution in [0.1, 0.15) is 24.4 Å². The topological polar surface area (TPSA) is 101 Å². The van der Waals surface area contributed by atoms with E-state index in [9.17, 15) is 19.2 Å². The zero-order chi connectivity index (χ0) is 23.4. The third kappa shape index (κ3) is 5.08. The Morgan fingerprint density at radius 1 is 1.12 bits per heavy atom. The lowest BCUT2D eigenvalue weighted by Gasteiger charge is -2.35. The van der Waals surface area contributed by atoms with Gasteiger partial charge in [0, 0.05) is 53.0 Å². The Bertz CT molecular complexity index is 1120. The standard InChI is InChI=1S/C22H29N5O5/c1-16(2)7-8-27(17-14-23(3)22(31)24(4)20(17)29)19(28)15-25-9-11-26(12-10-25)21(30)18-6-5-13-32-18/h5-7,13-14H,8-12,15H2,1-4H3. The molecule has 32 heavy (non-hydrogen) atoms. The van der Waals surface area contributed by atoms with Crippen LogP contribution in [-0.2, 0) is 18.9 Å². The summed E-state index contributed by atoms with van der Waals surface area (Å²) in [6, 6.07) is 3.31. The van der Waals surface area contributed by atoms with Crippen LogP contribution in [0.3, 0.4) is 0 Å². The number of carbonyl (C=O) groups excluding carboxylic acids is 2. The predicted molar refractivity (Wildman–Crippen MR) is 120 cm³/mol. The normalized spacial score (nSPS) is 14.3. The van der Waals surface area contributed by atoms with Crippen LogP contribution < -0.4 is 16.1 Å². The minimum absolute atomic E-state index is 0.103. The van der Waals surface area contributed by atoms with Gasteiger partial charge in [-0.15, -0.1) is 0 Å². The number of aromatic nitrogens is 2. The quantitative estimate of drug-likeness (QED) is 0.601. The fourth-order valence-corrected chi connectivity index (χ4v) is 3.52. The molecule has 2 amide bonds. The highest BCUT2D eigenvalue weighted by Gasteiger charge is 2.27. The smallest absolute Gasteiger partial charge is 0.330 e. The Hall–Kier alpha value is -3.40. The summed E-state index contributed by atoms with van der Waals surface area (Å²) in [6.07, 6.45) is 4.73. The second kappa shape index (κ2) is 9.82. The lowest BCUT2D eigenvalue weighted by molar-refractivity contribution is -0.120. The number of carbonyl (C=O) groups is 2. The first-order chi connectivity index (χ1) is 15.2. The molecule has 1 aliphatic heterocycles. The summed E-state index contributed by atoms with van der Waals surface area (Å²) >= 11 is 0. The van der Waals surface area contributed by atoms with Gasteiger partial charge >= 0.3 is 5.69 Å². The average molecular weight is 444 g/mol. The molecule has 1 saturated heterocycles. The van der Waals surface area contributed by atoms with Gasteiger partial charge in [-0.25, -0.2) is 4.79 Å². The molecular weight excluding hydrogens is 414 g/mol.